The van der Waals surface area contributed by atoms with Gasteiger partial charge in [0.2, 0.25) is 0 Å². The molecule has 0 radical (unpaired) electrons. The summed E-state index contributed by atoms with van der Waals surface area (Å²) in [4.78, 5) is 35.6. The predicted octanol–water partition coefficient (Wildman–Crippen LogP) is 4.02. The third-order valence-corrected chi connectivity index (χ3v) is 6.45. The highest BCUT2D eigenvalue weighted by Gasteiger charge is 2.20. The molecule has 0 saturated heterocycles. The standard InChI is InChI=1S/C20H19N5O2S2/c1-11-16(19(27)24(2)3)29-20(21-11)23-17(26)13-10-28-18(22-13)15-9-12-7-5-6-8-14(12)25(15)4/h5-10H,1-4H3,(H,21,23,26). The van der Waals surface area contributed by atoms with Gasteiger partial charge in [-0.25, -0.2) is 9.97 Å². The first-order valence-corrected chi connectivity index (χ1v) is 10.6. The van der Waals surface area contributed by atoms with Gasteiger partial charge >= 0.3 is 0 Å². The summed E-state index contributed by atoms with van der Waals surface area (Å²) in [5.41, 5.74) is 2.99. The molecule has 1 N–H and O–H groups in total. The number of hydrogen-bond donors (Lipinski definition) is 1. The summed E-state index contributed by atoms with van der Waals surface area (Å²) in [6.45, 7) is 1.75. The lowest BCUT2D eigenvalue weighted by Gasteiger charge is -2.07. The molecule has 0 aliphatic carbocycles. The Kier molecular flexibility index (Phi) is 4.93. The van der Waals surface area contributed by atoms with Gasteiger partial charge in [0.15, 0.2) is 5.13 Å². The molecule has 0 atom stereocenters. The largest absolute Gasteiger partial charge is 0.344 e. The minimum absolute atomic E-state index is 0.132. The zero-order valence-corrected chi connectivity index (χ0v) is 18.0. The number of amides is 2. The van der Waals surface area contributed by atoms with Crippen molar-refractivity contribution in [3.05, 3.63) is 52.0 Å². The SMILES string of the molecule is Cc1nc(NC(=O)c2csc(-c3cc4ccccc4n3C)n2)sc1C(=O)N(C)C. The summed E-state index contributed by atoms with van der Waals surface area (Å²) < 4.78 is 2.07. The molecule has 2 amide bonds. The second kappa shape index (κ2) is 7.41. The van der Waals surface area contributed by atoms with Gasteiger partial charge in [-0.3, -0.25) is 14.9 Å². The third-order valence-electron chi connectivity index (χ3n) is 4.53. The van der Waals surface area contributed by atoms with Crippen LogP contribution in [0.2, 0.25) is 0 Å². The van der Waals surface area contributed by atoms with Gasteiger partial charge in [-0.05, 0) is 19.1 Å². The molecule has 4 aromatic rings. The van der Waals surface area contributed by atoms with Crippen LogP contribution in [0.25, 0.3) is 21.6 Å². The number of aromatic nitrogens is 3. The number of anilines is 1. The molecule has 0 bridgehead atoms. The fourth-order valence-electron chi connectivity index (χ4n) is 3.00. The van der Waals surface area contributed by atoms with Crippen LogP contribution in [0.15, 0.2) is 35.7 Å². The number of carbonyl (C=O) groups is 2. The van der Waals surface area contributed by atoms with E-state index in [-0.39, 0.29) is 11.8 Å². The monoisotopic (exact) mass is 425 g/mol. The number of fused-ring (bicyclic) bond motifs is 1. The number of para-hydroxylation sites is 1. The van der Waals surface area contributed by atoms with Gasteiger partial charge in [-0.2, -0.15) is 0 Å². The topological polar surface area (TPSA) is 80.1 Å². The minimum atomic E-state index is -0.344. The predicted molar refractivity (Wildman–Crippen MR) is 117 cm³/mol. The Hall–Kier alpha value is -3.04. The zero-order valence-electron chi connectivity index (χ0n) is 16.4. The van der Waals surface area contributed by atoms with Crippen molar-refractivity contribution in [3.63, 3.8) is 0 Å². The van der Waals surface area contributed by atoms with E-state index < -0.39 is 0 Å². The molecule has 7 nitrogen and oxygen atoms in total. The number of benzene rings is 1. The van der Waals surface area contributed by atoms with Gasteiger partial charge in [0.1, 0.15) is 15.6 Å². The van der Waals surface area contributed by atoms with E-state index in [2.05, 4.69) is 38.1 Å². The normalized spacial score (nSPS) is 11.0. The number of carbonyl (C=O) groups excluding carboxylic acids is 2. The quantitative estimate of drug-likeness (QED) is 0.536. The Bertz CT molecular complexity index is 1230. The van der Waals surface area contributed by atoms with E-state index in [0.717, 1.165) is 32.9 Å². The van der Waals surface area contributed by atoms with Gasteiger partial charge in [-0.15, -0.1) is 11.3 Å². The Morgan fingerprint density at radius 2 is 1.93 bits per heavy atom. The molecule has 1 aromatic carbocycles. The van der Waals surface area contributed by atoms with Crippen molar-refractivity contribution in [3.8, 4) is 10.7 Å². The van der Waals surface area contributed by atoms with Crippen LogP contribution in [0.1, 0.15) is 25.9 Å². The van der Waals surface area contributed by atoms with Crippen LogP contribution in [0.5, 0.6) is 0 Å². The van der Waals surface area contributed by atoms with Crippen molar-refractivity contribution in [1.29, 1.82) is 0 Å². The fourth-order valence-corrected chi connectivity index (χ4v) is 4.84. The van der Waals surface area contributed by atoms with Crippen molar-refractivity contribution in [2.24, 2.45) is 7.05 Å². The first-order valence-electron chi connectivity index (χ1n) is 8.86. The summed E-state index contributed by atoms with van der Waals surface area (Å²) in [6, 6.07) is 10.2. The van der Waals surface area contributed by atoms with Crippen molar-refractivity contribution in [2.45, 2.75) is 6.92 Å². The van der Waals surface area contributed by atoms with Gasteiger partial charge in [-0.1, -0.05) is 29.5 Å². The van der Waals surface area contributed by atoms with E-state index in [1.165, 1.54) is 16.2 Å². The van der Waals surface area contributed by atoms with Crippen LogP contribution in [0.3, 0.4) is 0 Å². The summed E-state index contributed by atoms with van der Waals surface area (Å²) in [5, 5.41) is 6.77. The molecule has 3 heterocycles. The number of nitrogens with one attached hydrogen (secondary N) is 1. The lowest BCUT2D eigenvalue weighted by molar-refractivity contribution is 0.0831. The summed E-state index contributed by atoms with van der Waals surface area (Å²) >= 11 is 2.58. The Morgan fingerprint density at radius 1 is 1.17 bits per heavy atom. The van der Waals surface area contributed by atoms with E-state index in [4.69, 9.17) is 0 Å². The maximum Gasteiger partial charge on any atom is 0.276 e. The molecule has 3 aromatic heterocycles. The van der Waals surface area contributed by atoms with Crippen molar-refractivity contribution in [1.82, 2.24) is 19.4 Å². The molecule has 0 fully saturated rings. The minimum Gasteiger partial charge on any atom is -0.344 e. The number of thiazole rings is 2. The molecule has 0 unspecified atom stereocenters. The first-order chi connectivity index (χ1) is 13.8. The highest BCUT2D eigenvalue weighted by molar-refractivity contribution is 7.17. The molecule has 0 saturated carbocycles. The maximum atomic E-state index is 12.6. The Morgan fingerprint density at radius 3 is 2.66 bits per heavy atom. The molecular formula is C20H19N5O2S2. The average molecular weight is 426 g/mol. The Labute approximate surface area is 175 Å². The zero-order chi connectivity index (χ0) is 20.7. The van der Waals surface area contributed by atoms with Gasteiger partial charge in [0.05, 0.1) is 11.4 Å². The molecule has 0 aliphatic rings. The molecule has 29 heavy (non-hydrogen) atoms. The summed E-state index contributed by atoms with van der Waals surface area (Å²) in [5.74, 6) is -0.476. The van der Waals surface area contributed by atoms with E-state index >= 15 is 0 Å². The van der Waals surface area contributed by atoms with Gasteiger partial charge in [0, 0.05) is 37.4 Å². The summed E-state index contributed by atoms with van der Waals surface area (Å²) in [6.07, 6.45) is 0. The number of hydrogen-bond acceptors (Lipinski definition) is 6. The molecule has 0 spiro atoms. The van der Waals surface area contributed by atoms with Gasteiger partial charge in [0.25, 0.3) is 11.8 Å². The van der Waals surface area contributed by atoms with E-state index in [1.54, 1.807) is 26.4 Å². The van der Waals surface area contributed by atoms with Crippen LogP contribution in [-0.4, -0.2) is 45.3 Å². The maximum absolute atomic E-state index is 12.6. The van der Waals surface area contributed by atoms with Gasteiger partial charge < -0.3 is 9.47 Å². The van der Waals surface area contributed by atoms with Crippen LogP contribution in [0.4, 0.5) is 5.13 Å². The fraction of sp³-hybridized carbons (Fsp3) is 0.200. The van der Waals surface area contributed by atoms with Crippen molar-refractivity contribution in [2.75, 3.05) is 19.4 Å². The lowest BCUT2D eigenvalue weighted by Crippen LogP contribution is -2.21. The van der Waals surface area contributed by atoms with Crippen LogP contribution >= 0.6 is 22.7 Å². The van der Waals surface area contributed by atoms with Crippen LogP contribution < -0.4 is 5.32 Å². The smallest absolute Gasteiger partial charge is 0.276 e. The van der Waals surface area contributed by atoms with Crippen LogP contribution in [-0.2, 0) is 7.05 Å². The molecule has 9 heteroatoms. The van der Waals surface area contributed by atoms with Crippen LogP contribution in [0, 0.1) is 6.92 Å². The molecule has 4 rings (SSSR count). The van der Waals surface area contributed by atoms with E-state index in [9.17, 15) is 9.59 Å². The first kappa shape index (κ1) is 19.3. The molecule has 148 valence electrons. The lowest BCUT2D eigenvalue weighted by atomic mass is 10.2. The third kappa shape index (κ3) is 3.54. The second-order valence-electron chi connectivity index (χ2n) is 6.77. The number of rotatable bonds is 4. The van der Waals surface area contributed by atoms with Crippen molar-refractivity contribution >= 4 is 50.5 Å². The molecule has 0 aliphatic heterocycles. The second-order valence-corrected chi connectivity index (χ2v) is 8.63. The van der Waals surface area contributed by atoms with E-state index in [0.29, 0.717) is 21.4 Å². The van der Waals surface area contributed by atoms with Crippen molar-refractivity contribution < 1.29 is 9.59 Å². The van der Waals surface area contributed by atoms with E-state index in [1.807, 2.05) is 19.2 Å². The average Bonchev–Trinajstić information content (AvgIpc) is 3.39. The number of nitrogens with zero attached hydrogens (tertiary/aromatic N) is 4. The molecular weight excluding hydrogens is 406 g/mol. The highest BCUT2D eigenvalue weighted by atomic mass is 32.1. The number of aryl methyl sites for hydroxylation is 2. The summed E-state index contributed by atoms with van der Waals surface area (Å²) in [7, 11) is 5.35. The highest BCUT2D eigenvalue weighted by Crippen LogP contribution is 2.30. The Balaban J connectivity index is 1.57.